The third kappa shape index (κ3) is 3.06. The zero-order valence-corrected chi connectivity index (χ0v) is 13.4. The summed E-state index contributed by atoms with van der Waals surface area (Å²) in [5.74, 6) is -0.760. The molecular formula is C12H9ClF6N4S. The fraction of sp³-hybridized carbons (Fsp3) is 0.417. The van der Waals surface area contributed by atoms with E-state index in [1.54, 1.807) is 0 Å². The second kappa shape index (κ2) is 5.80. The SMILES string of the molecule is Cc1cc(Cl)c(C2(C(F)(F)F)N=NC(N)=N2)cc1C(S)C(F)(F)F. The molecule has 1 aliphatic heterocycles. The van der Waals surface area contributed by atoms with E-state index in [0.717, 1.165) is 6.07 Å². The number of guanidine groups is 1. The molecule has 2 atom stereocenters. The molecule has 1 aromatic rings. The van der Waals surface area contributed by atoms with Crippen LogP contribution in [0.2, 0.25) is 5.02 Å². The lowest BCUT2D eigenvalue weighted by molar-refractivity contribution is -0.186. The molecule has 0 fully saturated rings. The van der Waals surface area contributed by atoms with Crippen LogP contribution >= 0.6 is 24.2 Å². The first-order chi connectivity index (χ1) is 10.8. The van der Waals surface area contributed by atoms with Crippen LogP contribution in [0.3, 0.4) is 0 Å². The minimum Gasteiger partial charge on any atom is -0.367 e. The van der Waals surface area contributed by atoms with Gasteiger partial charge in [-0.15, -0.1) is 10.2 Å². The molecule has 2 unspecified atom stereocenters. The fourth-order valence-corrected chi connectivity index (χ4v) is 2.78. The van der Waals surface area contributed by atoms with E-state index >= 15 is 0 Å². The number of aliphatic imine (C=N–C) groups is 1. The van der Waals surface area contributed by atoms with Crippen molar-refractivity contribution in [3.63, 3.8) is 0 Å². The summed E-state index contributed by atoms with van der Waals surface area (Å²) in [5, 5.41) is 3.30. The van der Waals surface area contributed by atoms with Gasteiger partial charge in [0.05, 0.1) is 0 Å². The van der Waals surface area contributed by atoms with Crippen LogP contribution in [-0.4, -0.2) is 18.3 Å². The Hall–Kier alpha value is -1.49. The molecule has 0 amide bonds. The Morgan fingerprint density at radius 2 is 1.79 bits per heavy atom. The Morgan fingerprint density at radius 3 is 2.21 bits per heavy atom. The summed E-state index contributed by atoms with van der Waals surface area (Å²) in [7, 11) is 0. The summed E-state index contributed by atoms with van der Waals surface area (Å²) in [6.45, 7) is 1.27. The van der Waals surface area contributed by atoms with Crippen LogP contribution < -0.4 is 5.73 Å². The molecule has 0 aromatic heterocycles. The highest BCUT2D eigenvalue weighted by Gasteiger charge is 2.61. The Bertz CT molecular complexity index is 729. The minimum absolute atomic E-state index is 0.0188. The third-order valence-corrected chi connectivity index (χ3v) is 4.19. The van der Waals surface area contributed by atoms with Gasteiger partial charge < -0.3 is 5.73 Å². The van der Waals surface area contributed by atoms with Gasteiger partial charge in [0.15, 0.2) is 0 Å². The largest absolute Gasteiger partial charge is 0.440 e. The van der Waals surface area contributed by atoms with E-state index in [4.69, 9.17) is 17.3 Å². The lowest BCUT2D eigenvalue weighted by Gasteiger charge is -2.27. The maximum atomic E-state index is 13.5. The molecule has 1 heterocycles. The van der Waals surface area contributed by atoms with E-state index in [0.29, 0.717) is 6.07 Å². The maximum Gasteiger partial charge on any atom is 0.440 e. The number of nitrogens with two attached hydrogens (primary N) is 1. The van der Waals surface area contributed by atoms with Crippen LogP contribution in [0.4, 0.5) is 26.3 Å². The van der Waals surface area contributed by atoms with Gasteiger partial charge in [-0.05, 0) is 30.2 Å². The lowest BCUT2D eigenvalue weighted by Crippen LogP contribution is -2.38. The number of alkyl halides is 6. The van der Waals surface area contributed by atoms with Crippen molar-refractivity contribution in [2.24, 2.45) is 21.0 Å². The van der Waals surface area contributed by atoms with Gasteiger partial charge in [-0.3, -0.25) is 0 Å². The summed E-state index contributed by atoms with van der Waals surface area (Å²) in [6.07, 6.45) is -9.89. The summed E-state index contributed by atoms with van der Waals surface area (Å²) < 4.78 is 79.2. The molecule has 1 aromatic carbocycles. The quantitative estimate of drug-likeness (QED) is 0.559. The number of aryl methyl sites for hydroxylation is 1. The van der Waals surface area contributed by atoms with Gasteiger partial charge in [-0.25, -0.2) is 4.99 Å². The van der Waals surface area contributed by atoms with Crippen LogP contribution in [0.1, 0.15) is 21.9 Å². The Kier molecular flexibility index (Phi) is 4.55. The van der Waals surface area contributed by atoms with Gasteiger partial charge >= 0.3 is 12.4 Å². The first kappa shape index (κ1) is 18.8. The fourth-order valence-electron chi connectivity index (χ4n) is 2.15. The van der Waals surface area contributed by atoms with E-state index < -0.39 is 45.4 Å². The standard InChI is InChI=1S/C12H9ClF6N4S/c1-4-2-7(13)6(3-5(4)8(24)11(14,15)16)10(12(17,18)19)21-9(20)22-23-10/h2-3,8,24H,1H3,(H2,20,21). The zero-order valence-electron chi connectivity index (χ0n) is 11.7. The molecule has 12 heteroatoms. The molecular weight excluding hydrogens is 382 g/mol. The first-order valence-corrected chi connectivity index (χ1v) is 7.09. The number of hydrogen-bond acceptors (Lipinski definition) is 5. The van der Waals surface area contributed by atoms with Crippen molar-refractivity contribution in [3.05, 3.63) is 33.8 Å². The number of benzene rings is 1. The van der Waals surface area contributed by atoms with Crippen molar-refractivity contribution < 1.29 is 26.3 Å². The summed E-state index contributed by atoms with van der Waals surface area (Å²) >= 11 is 9.27. The molecule has 2 N–H and O–H groups in total. The number of nitrogens with zero attached hydrogens (tertiary/aromatic N) is 3. The highest BCUT2D eigenvalue weighted by Crippen LogP contribution is 2.50. The average Bonchev–Trinajstić information content (AvgIpc) is 2.80. The number of hydrogen-bond donors (Lipinski definition) is 2. The van der Waals surface area contributed by atoms with Crippen LogP contribution in [0, 0.1) is 6.92 Å². The second-order valence-electron chi connectivity index (χ2n) is 4.97. The summed E-state index contributed by atoms with van der Waals surface area (Å²) in [6, 6.07) is 1.60. The summed E-state index contributed by atoms with van der Waals surface area (Å²) in [4.78, 5) is 3.16. The molecule has 0 radical (unpaired) electrons. The van der Waals surface area contributed by atoms with Crippen LogP contribution in [0.5, 0.6) is 0 Å². The maximum absolute atomic E-state index is 13.5. The van der Waals surface area contributed by atoms with Crippen LogP contribution in [0.15, 0.2) is 27.4 Å². The molecule has 0 bridgehead atoms. The van der Waals surface area contributed by atoms with Crippen LogP contribution in [-0.2, 0) is 5.66 Å². The molecule has 24 heavy (non-hydrogen) atoms. The van der Waals surface area contributed by atoms with Gasteiger partial charge in [-0.1, -0.05) is 11.6 Å². The van der Waals surface area contributed by atoms with Crippen molar-refractivity contribution in [2.75, 3.05) is 0 Å². The molecule has 0 saturated carbocycles. The van der Waals surface area contributed by atoms with Crippen molar-refractivity contribution in [1.29, 1.82) is 0 Å². The number of rotatable bonds is 2. The Morgan fingerprint density at radius 1 is 1.21 bits per heavy atom. The van der Waals surface area contributed by atoms with Gasteiger partial charge in [-0.2, -0.15) is 39.0 Å². The van der Waals surface area contributed by atoms with Crippen molar-refractivity contribution in [3.8, 4) is 0 Å². The topological polar surface area (TPSA) is 63.1 Å². The smallest absolute Gasteiger partial charge is 0.367 e. The predicted octanol–water partition coefficient (Wildman–Crippen LogP) is 4.68. The second-order valence-corrected chi connectivity index (χ2v) is 5.90. The zero-order chi connectivity index (χ0) is 18.5. The van der Waals surface area contributed by atoms with Crippen molar-refractivity contribution in [1.82, 2.24) is 0 Å². The molecule has 0 spiro atoms. The van der Waals surface area contributed by atoms with E-state index in [9.17, 15) is 26.3 Å². The Balaban J connectivity index is 2.73. The lowest BCUT2D eigenvalue weighted by atomic mass is 9.94. The monoisotopic (exact) mass is 390 g/mol. The first-order valence-electron chi connectivity index (χ1n) is 6.20. The number of halogens is 7. The highest BCUT2D eigenvalue weighted by molar-refractivity contribution is 7.80. The average molecular weight is 391 g/mol. The van der Waals surface area contributed by atoms with Gasteiger partial charge in [0.1, 0.15) is 5.25 Å². The van der Waals surface area contributed by atoms with E-state index in [1.807, 2.05) is 0 Å². The van der Waals surface area contributed by atoms with E-state index in [2.05, 4.69) is 27.8 Å². The summed E-state index contributed by atoms with van der Waals surface area (Å²) in [5.41, 5.74) is 0.583. The van der Waals surface area contributed by atoms with Gasteiger partial charge in [0.2, 0.25) is 5.96 Å². The number of azo groups is 1. The van der Waals surface area contributed by atoms with Gasteiger partial charge in [0, 0.05) is 10.6 Å². The molecule has 4 nitrogen and oxygen atoms in total. The van der Waals surface area contributed by atoms with E-state index in [-0.39, 0.29) is 5.56 Å². The minimum atomic E-state index is -5.11. The highest BCUT2D eigenvalue weighted by atomic mass is 35.5. The van der Waals surface area contributed by atoms with Gasteiger partial charge in [0.25, 0.3) is 5.66 Å². The van der Waals surface area contributed by atoms with Crippen molar-refractivity contribution in [2.45, 2.75) is 30.2 Å². The normalized spacial score (nSPS) is 22.6. The molecule has 132 valence electrons. The molecule has 1 aliphatic rings. The van der Waals surface area contributed by atoms with E-state index in [1.165, 1.54) is 6.92 Å². The number of thiol groups is 1. The predicted molar refractivity (Wildman–Crippen MR) is 78.2 cm³/mol. The Labute approximate surface area is 142 Å². The van der Waals surface area contributed by atoms with Crippen molar-refractivity contribution >= 4 is 30.2 Å². The molecule has 0 saturated heterocycles. The molecule has 2 rings (SSSR count). The van der Waals surface area contributed by atoms with Crippen LogP contribution in [0.25, 0.3) is 0 Å². The third-order valence-electron chi connectivity index (χ3n) is 3.30. The molecule has 0 aliphatic carbocycles.